The average molecular weight is 483 g/mol. The molecule has 4 aromatic rings. The number of aryl methyl sites for hydroxylation is 1. The number of fused-ring (bicyclic) bond motifs is 2. The number of carbonyl (C=O) groups is 1. The van der Waals surface area contributed by atoms with Crippen molar-refractivity contribution in [1.29, 1.82) is 0 Å². The first kappa shape index (κ1) is 22.8. The molecule has 4 heterocycles. The highest BCUT2D eigenvalue weighted by atomic mass is 16.5. The lowest BCUT2D eigenvalue weighted by atomic mass is 10.0. The summed E-state index contributed by atoms with van der Waals surface area (Å²) in [5, 5.41) is 9.57. The Hall–Kier alpha value is -3.59. The summed E-state index contributed by atoms with van der Waals surface area (Å²) in [6.07, 6.45) is 3.75. The monoisotopic (exact) mass is 482 g/mol. The van der Waals surface area contributed by atoms with Gasteiger partial charge in [-0.1, -0.05) is 18.2 Å². The van der Waals surface area contributed by atoms with Gasteiger partial charge in [0, 0.05) is 62.5 Å². The Labute approximate surface area is 210 Å². The van der Waals surface area contributed by atoms with E-state index in [4.69, 9.17) is 4.74 Å². The van der Waals surface area contributed by atoms with Crippen LogP contribution in [0, 0.1) is 0 Å². The van der Waals surface area contributed by atoms with Crippen molar-refractivity contribution in [2.75, 3.05) is 38.7 Å². The first-order valence-corrected chi connectivity index (χ1v) is 12.4. The molecule has 0 unspecified atom stereocenters. The Morgan fingerprint density at radius 2 is 1.81 bits per heavy atom. The van der Waals surface area contributed by atoms with Crippen molar-refractivity contribution >= 4 is 22.5 Å². The number of morpholine rings is 1. The highest BCUT2D eigenvalue weighted by Crippen LogP contribution is 2.29. The van der Waals surface area contributed by atoms with Crippen LogP contribution >= 0.6 is 0 Å². The Morgan fingerprint density at radius 1 is 0.972 bits per heavy atom. The molecule has 0 saturated carbocycles. The third kappa shape index (κ3) is 4.51. The minimum Gasteiger partial charge on any atom is -0.379 e. The zero-order valence-corrected chi connectivity index (χ0v) is 20.7. The maximum atomic E-state index is 13.0. The molecular weight excluding hydrogens is 452 g/mol. The third-order valence-corrected chi connectivity index (χ3v) is 7.16. The van der Waals surface area contributed by atoms with E-state index in [-0.39, 0.29) is 5.91 Å². The van der Waals surface area contributed by atoms with Crippen LogP contribution in [0.15, 0.2) is 54.9 Å². The Morgan fingerprint density at radius 3 is 2.67 bits per heavy atom. The summed E-state index contributed by atoms with van der Waals surface area (Å²) >= 11 is 0. The first-order chi connectivity index (χ1) is 17.5. The molecule has 0 spiro atoms. The first-order valence-electron chi connectivity index (χ1n) is 12.4. The van der Waals surface area contributed by atoms with Crippen molar-refractivity contribution < 1.29 is 9.53 Å². The number of hydrogen-bond donors (Lipinski definition) is 1. The summed E-state index contributed by atoms with van der Waals surface area (Å²) < 4.78 is 7.46. The minimum absolute atomic E-state index is 0.143. The summed E-state index contributed by atoms with van der Waals surface area (Å²) in [4.78, 5) is 22.1. The summed E-state index contributed by atoms with van der Waals surface area (Å²) in [6.45, 7) is 6.03. The lowest BCUT2D eigenvalue weighted by Gasteiger charge is -2.27. The lowest BCUT2D eigenvalue weighted by Crippen LogP contribution is -2.36. The number of carbonyl (C=O) groups excluding carboxylic acids is 1. The number of nitrogens with zero attached hydrogens (tertiary/aromatic N) is 5. The van der Waals surface area contributed by atoms with Gasteiger partial charge in [-0.25, -0.2) is 4.98 Å². The topological polar surface area (TPSA) is 75.5 Å². The van der Waals surface area contributed by atoms with Gasteiger partial charge in [-0.05, 0) is 53.4 Å². The van der Waals surface area contributed by atoms with Crippen LogP contribution in [0.5, 0.6) is 0 Å². The summed E-state index contributed by atoms with van der Waals surface area (Å²) in [6, 6.07) is 14.2. The second-order valence-electron chi connectivity index (χ2n) is 9.76. The fourth-order valence-electron chi connectivity index (χ4n) is 5.13. The molecule has 0 radical (unpaired) electrons. The Balaban J connectivity index is 1.25. The van der Waals surface area contributed by atoms with E-state index in [1.807, 2.05) is 42.3 Å². The molecule has 8 heteroatoms. The van der Waals surface area contributed by atoms with Crippen LogP contribution in [0.1, 0.15) is 27.2 Å². The van der Waals surface area contributed by atoms with Crippen LogP contribution in [0.25, 0.3) is 21.9 Å². The van der Waals surface area contributed by atoms with Crippen molar-refractivity contribution in [1.82, 2.24) is 24.6 Å². The minimum atomic E-state index is -0.143. The molecule has 1 fully saturated rings. The summed E-state index contributed by atoms with van der Waals surface area (Å²) in [5.74, 6) is 0.400. The molecule has 0 bridgehead atoms. The van der Waals surface area contributed by atoms with E-state index in [1.54, 1.807) is 0 Å². The molecule has 1 amide bonds. The zero-order valence-electron chi connectivity index (χ0n) is 20.7. The number of rotatable bonds is 5. The second-order valence-corrected chi connectivity index (χ2v) is 9.76. The van der Waals surface area contributed by atoms with Gasteiger partial charge in [0.25, 0.3) is 5.91 Å². The molecule has 184 valence electrons. The van der Waals surface area contributed by atoms with E-state index < -0.39 is 0 Å². The van der Waals surface area contributed by atoms with Crippen LogP contribution in [-0.2, 0) is 31.4 Å². The van der Waals surface area contributed by atoms with E-state index in [9.17, 15) is 4.79 Å². The molecule has 36 heavy (non-hydrogen) atoms. The van der Waals surface area contributed by atoms with Gasteiger partial charge in [0.05, 0.1) is 25.1 Å². The number of benzene rings is 2. The number of amides is 1. The number of aromatic nitrogens is 3. The van der Waals surface area contributed by atoms with Crippen molar-refractivity contribution in [2.24, 2.45) is 7.05 Å². The van der Waals surface area contributed by atoms with Gasteiger partial charge in [-0.15, -0.1) is 0 Å². The highest BCUT2D eigenvalue weighted by Gasteiger charge is 2.19. The molecule has 2 aromatic carbocycles. The third-order valence-electron chi connectivity index (χ3n) is 7.16. The van der Waals surface area contributed by atoms with Gasteiger partial charge in [0.15, 0.2) is 0 Å². The molecule has 2 aromatic heterocycles. The molecule has 0 atom stereocenters. The van der Waals surface area contributed by atoms with Crippen LogP contribution in [0.2, 0.25) is 0 Å². The quantitative estimate of drug-likeness (QED) is 0.468. The van der Waals surface area contributed by atoms with E-state index in [0.29, 0.717) is 11.4 Å². The predicted molar refractivity (Wildman–Crippen MR) is 140 cm³/mol. The van der Waals surface area contributed by atoms with E-state index in [0.717, 1.165) is 67.8 Å². The lowest BCUT2D eigenvalue weighted by molar-refractivity contribution is 0.0332. The van der Waals surface area contributed by atoms with Crippen molar-refractivity contribution in [3.63, 3.8) is 0 Å². The zero-order chi connectivity index (χ0) is 24.6. The maximum absolute atomic E-state index is 13.0. The number of nitrogens with one attached hydrogen (secondary N) is 1. The van der Waals surface area contributed by atoms with E-state index in [2.05, 4.69) is 56.5 Å². The largest absolute Gasteiger partial charge is 0.379 e. The molecule has 2 aliphatic rings. The average Bonchev–Trinajstić information content (AvgIpc) is 3.45. The van der Waals surface area contributed by atoms with Crippen LogP contribution < -0.4 is 5.32 Å². The van der Waals surface area contributed by atoms with Crippen LogP contribution in [-0.4, -0.2) is 63.8 Å². The molecule has 0 aliphatic carbocycles. The fraction of sp³-hybridized carbons (Fsp3) is 0.321. The van der Waals surface area contributed by atoms with Gasteiger partial charge in [-0.2, -0.15) is 5.10 Å². The summed E-state index contributed by atoms with van der Waals surface area (Å²) in [7, 11) is 4.08. The SMILES string of the molecule is CN1Cc2ccc(C(=O)Nc3cc4cc(-c5cnn(C)c5CN5CCOCC5)ccc4cn3)cc2C1. The van der Waals surface area contributed by atoms with Gasteiger partial charge in [0.1, 0.15) is 5.82 Å². The number of hydrogen-bond acceptors (Lipinski definition) is 6. The van der Waals surface area contributed by atoms with Crippen LogP contribution in [0.4, 0.5) is 5.82 Å². The molecular formula is C28H30N6O2. The highest BCUT2D eigenvalue weighted by molar-refractivity contribution is 6.04. The Bertz CT molecular complexity index is 1440. The van der Waals surface area contributed by atoms with E-state index in [1.165, 1.54) is 16.8 Å². The number of pyridine rings is 1. The molecule has 8 nitrogen and oxygen atoms in total. The van der Waals surface area contributed by atoms with Crippen molar-refractivity contribution in [3.8, 4) is 11.1 Å². The summed E-state index contributed by atoms with van der Waals surface area (Å²) in [5.41, 5.74) is 6.56. The molecule has 6 rings (SSSR count). The van der Waals surface area contributed by atoms with Gasteiger partial charge >= 0.3 is 0 Å². The second kappa shape index (κ2) is 9.46. The molecule has 2 aliphatic heterocycles. The van der Waals surface area contributed by atoms with Gasteiger partial charge in [-0.3, -0.25) is 19.3 Å². The molecule has 1 N–H and O–H groups in total. The number of ether oxygens (including phenoxy) is 1. The van der Waals surface area contributed by atoms with Crippen molar-refractivity contribution in [3.05, 3.63) is 77.2 Å². The fourth-order valence-corrected chi connectivity index (χ4v) is 5.13. The van der Waals surface area contributed by atoms with Crippen LogP contribution in [0.3, 0.4) is 0 Å². The van der Waals surface area contributed by atoms with Crippen molar-refractivity contribution in [2.45, 2.75) is 19.6 Å². The normalized spacial score (nSPS) is 16.4. The van der Waals surface area contributed by atoms with E-state index >= 15 is 0 Å². The van der Waals surface area contributed by atoms with Gasteiger partial charge < -0.3 is 10.1 Å². The number of anilines is 1. The Kier molecular flexibility index (Phi) is 6.00. The maximum Gasteiger partial charge on any atom is 0.256 e. The predicted octanol–water partition coefficient (Wildman–Crippen LogP) is 3.67. The standard InChI is InChI=1S/C28H30N6O2/c1-32-16-22-6-4-20(12-24(22)17-32)28(35)31-27-13-23-11-19(3-5-21(23)14-29-27)25-15-30-33(2)26(25)18-34-7-9-36-10-8-34/h3-6,11-15H,7-10,16-18H2,1-2H3,(H,29,31,35). The van der Waals surface area contributed by atoms with Gasteiger partial charge in [0.2, 0.25) is 0 Å². The smallest absolute Gasteiger partial charge is 0.256 e. The molecule has 1 saturated heterocycles.